The van der Waals surface area contributed by atoms with Crippen LogP contribution in [0.25, 0.3) is 0 Å². The van der Waals surface area contributed by atoms with Gasteiger partial charge in [0.1, 0.15) is 0 Å². The molecule has 1 aromatic rings. The molecule has 0 bridgehead atoms. The molecule has 86 valence electrons. The van der Waals surface area contributed by atoms with Crippen LogP contribution in [0.1, 0.15) is 24.7 Å². The van der Waals surface area contributed by atoms with E-state index in [1.165, 1.54) is 12.1 Å². The molecule has 0 fully saturated rings. The molecule has 0 aliphatic heterocycles. The summed E-state index contributed by atoms with van der Waals surface area (Å²) in [5.41, 5.74) is 2.32. The van der Waals surface area contributed by atoms with E-state index in [0.717, 1.165) is 31.9 Å². The molecule has 0 aliphatic rings. The first-order chi connectivity index (χ1) is 7.24. The molecular weight excluding hydrogens is 188 g/mol. The van der Waals surface area contributed by atoms with Crippen LogP contribution in [0.15, 0.2) is 6.07 Å². The highest BCUT2D eigenvalue weighted by atomic mass is 15.3. The molecule has 4 nitrogen and oxygen atoms in total. The van der Waals surface area contributed by atoms with Crippen molar-refractivity contribution in [1.82, 2.24) is 20.4 Å². The Kier molecular flexibility index (Phi) is 5.36. The first-order valence-electron chi connectivity index (χ1n) is 5.65. The van der Waals surface area contributed by atoms with E-state index >= 15 is 0 Å². The molecule has 0 aliphatic carbocycles. The van der Waals surface area contributed by atoms with Crippen LogP contribution < -0.4 is 10.6 Å². The van der Waals surface area contributed by atoms with Crippen LogP contribution in [0.3, 0.4) is 0 Å². The number of hydrogen-bond acceptors (Lipinski definition) is 3. The van der Waals surface area contributed by atoms with Crippen LogP contribution in [0, 0.1) is 6.92 Å². The van der Waals surface area contributed by atoms with Gasteiger partial charge in [-0.2, -0.15) is 5.10 Å². The number of nitrogens with zero attached hydrogens (tertiary/aromatic N) is 2. The van der Waals surface area contributed by atoms with Gasteiger partial charge >= 0.3 is 0 Å². The van der Waals surface area contributed by atoms with Crippen LogP contribution in [-0.4, -0.2) is 29.4 Å². The van der Waals surface area contributed by atoms with E-state index in [0.29, 0.717) is 0 Å². The van der Waals surface area contributed by atoms with Crippen LogP contribution >= 0.6 is 0 Å². The standard InChI is InChI=1S/C11H22N4/c1-4-5-12-6-7-13-9-11-8-10(2)15(3)14-11/h8,12-13H,4-7,9H2,1-3H3. The Bertz CT molecular complexity index is 261. The second-order valence-corrected chi connectivity index (χ2v) is 3.83. The molecule has 15 heavy (non-hydrogen) atoms. The van der Waals surface area contributed by atoms with Gasteiger partial charge in [-0.1, -0.05) is 6.92 Å². The fourth-order valence-electron chi connectivity index (χ4n) is 1.42. The number of nitrogens with one attached hydrogen (secondary N) is 2. The number of rotatable bonds is 7. The summed E-state index contributed by atoms with van der Waals surface area (Å²) >= 11 is 0. The van der Waals surface area contributed by atoms with Crippen molar-refractivity contribution < 1.29 is 0 Å². The van der Waals surface area contributed by atoms with E-state index in [-0.39, 0.29) is 0 Å². The molecule has 0 amide bonds. The third-order valence-electron chi connectivity index (χ3n) is 2.38. The summed E-state index contributed by atoms with van der Waals surface area (Å²) in [6.45, 7) is 8.23. The largest absolute Gasteiger partial charge is 0.315 e. The van der Waals surface area contributed by atoms with Crippen molar-refractivity contribution in [3.63, 3.8) is 0 Å². The van der Waals surface area contributed by atoms with E-state index in [9.17, 15) is 0 Å². The zero-order valence-electron chi connectivity index (χ0n) is 10.0. The minimum atomic E-state index is 0.857. The minimum Gasteiger partial charge on any atom is -0.315 e. The van der Waals surface area contributed by atoms with Gasteiger partial charge in [-0.15, -0.1) is 0 Å². The quantitative estimate of drug-likeness (QED) is 0.655. The Morgan fingerprint density at radius 2 is 2.00 bits per heavy atom. The maximum absolute atomic E-state index is 4.38. The molecule has 4 heteroatoms. The Morgan fingerprint density at radius 3 is 2.60 bits per heavy atom. The lowest BCUT2D eigenvalue weighted by atomic mass is 10.3. The summed E-state index contributed by atoms with van der Waals surface area (Å²) in [6, 6.07) is 2.12. The lowest BCUT2D eigenvalue weighted by Crippen LogP contribution is -2.27. The van der Waals surface area contributed by atoms with Crippen LogP contribution in [0.5, 0.6) is 0 Å². The lowest BCUT2D eigenvalue weighted by Gasteiger charge is -2.03. The molecule has 0 radical (unpaired) electrons. The van der Waals surface area contributed by atoms with Gasteiger partial charge in [0.2, 0.25) is 0 Å². The topological polar surface area (TPSA) is 41.9 Å². The van der Waals surface area contributed by atoms with E-state index in [2.05, 4.69) is 35.6 Å². The third-order valence-corrected chi connectivity index (χ3v) is 2.38. The molecule has 0 unspecified atom stereocenters. The van der Waals surface area contributed by atoms with E-state index in [4.69, 9.17) is 0 Å². The highest BCUT2D eigenvalue weighted by Crippen LogP contribution is 1.99. The van der Waals surface area contributed by atoms with Crippen molar-refractivity contribution in [2.24, 2.45) is 7.05 Å². The predicted molar refractivity (Wildman–Crippen MR) is 62.8 cm³/mol. The summed E-state index contributed by atoms with van der Waals surface area (Å²) in [5, 5.41) is 11.1. The fourth-order valence-corrected chi connectivity index (χ4v) is 1.42. The molecule has 0 saturated heterocycles. The van der Waals surface area contributed by atoms with Crippen molar-refractivity contribution >= 4 is 0 Å². The molecule has 0 saturated carbocycles. The van der Waals surface area contributed by atoms with Gasteiger partial charge < -0.3 is 10.6 Å². The summed E-state index contributed by atoms with van der Waals surface area (Å²) in [5.74, 6) is 0. The summed E-state index contributed by atoms with van der Waals surface area (Å²) in [4.78, 5) is 0. The molecule has 0 aromatic carbocycles. The van der Waals surface area contributed by atoms with Crippen molar-refractivity contribution in [2.75, 3.05) is 19.6 Å². The van der Waals surface area contributed by atoms with Crippen molar-refractivity contribution in [3.8, 4) is 0 Å². The Hall–Kier alpha value is -0.870. The van der Waals surface area contributed by atoms with E-state index in [1.54, 1.807) is 0 Å². The van der Waals surface area contributed by atoms with Crippen LogP contribution in [0.2, 0.25) is 0 Å². The molecule has 1 aromatic heterocycles. The van der Waals surface area contributed by atoms with E-state index < -0.39 is 0 Å². The molecule has 1 rings (SSSR count). The first-order valence-corrected chi connectivity index (χ1v) is 5.65. The smallest absolute Gasteiger partial charge is 0.0765 e. The Morgan fingerprint density at radius 1 is 1.27 bits per heavy atom. The van der Waals surface area contributed by atoms with Gasteiger partial charge in [0, 0.05) is 32.4 Å². The third kappa shape index (κ3) is 4.44. The summed E-state index contributed by atoms with van der Waals surface area (Å²) < 4.78 is 1.91. The summed E-state index contributed by atoms with van der Waals surface area (Å²) in [6.07, 6.45) is 1.19. The van der Waals surface area contributed by atoms with Gasteiger partial charge in [0.15, 0.2) is 0 Å². The monoisotopic (exact) mass is 210 g/mol. The fraction of sp³-hybridized carbons (Fsp3) is 0.727. The Balaban J connectivity index is 2.10. The molecule has 0 atom stereocenters. The molecule has 2 N–H and O–H groups in total. The van der Waals surface area contributed by atoms with Gasteiger partial charge in [0.25, 0.3) is 0 Å². The van der Waals surface area contributed by atoms with Gasteiger partial charge in [0.05, 0.1) is 5.69 Å². The number of hydrogen-bond donors (Lipinski definition) is 2. The maximum atomic E-state index is 4.38. The number of aromatic nitrogens is 2. The highest BCUT2D eigenvalue weighted by Gasteiger charge is 1.99. The average Bonchev–Trinajstić information content (AvgIpc) is 2.52. The average molecular weight is 210 g/mol. The van der Waals surface area contributed by atoms with Crippen LogP contribution in [0.4, 0.5) is 0 Å². The SMILES string of the molecule is CCCNCCNCc1cc(C)n(C)n1. The number of aryl methyl sites for hydroxylation is 2. The van der Waals surface area contributed by atoms with Gasteiger partial charge in [-0.25, -0.2) is 0 Å². The van der Waals surface area contributed by atoms with Crippen molar-refractivity contribution in [2.45, 2.75) is 26.8 Å². The first kappa shape index (κ1) is 12.2. The lowest BCUT2D eigenvalue weighted by molar-refractivity contribution is 0.596. The zero-order chi connectivity index (χ0) is 11.1. The highest BCUT2D eigenvalue weighted by molar-refractivity contribution is 5.07. The normalized spacial score (nSPS) is 10.9. The summed E-state index contributed by atoms with van der Waals surface area (Å²) in [7, 11) is 1.97. The van der Waals surface area contributed by atoms with Crippen LogP contribution in [-0.2, 0) is 13.6 Å². The molecule has 0 spiro atoms. The second-order valence-electron chi connectivity index (χ2n) is 3.83. The minimum absolute atomic E-state index is 0.857. The second kappa shape index (κ2) is 6.58. The predicted octanol–water partition coefficient (Wildman–Crippen LogP) is 0.818. The van der Waals surface area contributed by atoms with Gasteiger partial charge in [-0.05, 0) is 26.0 Å². The molecular formula is C11H22N4. The Labute approximate surface area is 92.1 Å². The maximum Gasteiger partial charge on any atom is 0.0765 e. The molecule has 1 heterocycles. The van der Waals surface area contributed by atoms with Crippen molar-refractivity contribution in [3.05, 3.63) is 17.5 Å². The van der Waals surface area contributed by atoms with Crippen molar-refractivity contribution in [1.29, 1.82) is 0 Å². The van der Waals surface area contributed by atoms with E-state index in [1.807, 2.05) is 11.7 Å². The zero-order valence-corrected chi connectivity index (χ0v) is 10.0. The van der Waals surface area contributed by atoms with Gasteiger partial charge in [-0.3, -0.25) is 4.68 Å².